The van der Waals surface area contributed by atoms with Crippen molar-refractivity contribution in [2.45, 2.75) is 26.7 Å². The van der Waals surface area contributed by atoms with Gasteiger partial charge in [0.25, 0.3) is 0 Å². The van der Waals surface area contributed by atoms with Crippen LogP contribution in [0.25, 0.3) is 5.69 Å². The minimum atomic E-state index is -0.358. The van der Waals surface area contributed by atoms with Crippen LogP contribution in [0.1, 0.15) is 41.9 Å². The van der Waals surface area contributed by atoms with Crippen LogP contribution in [-0.4, -0.2) is 22.4 Å². The third-order valence-corrected chi connectivity index (χ3v) is 3.07. The molecule has 0 saturated carbocycles. The van der Waals surface area contributed by atoms with E-state index in [-0.39, 0.29) is 5.97 Å². The lowest BCUT2D eigenvalue weighted by molar-refractivity contribution is 0.0525. The van der Waals surface area contributed by atoms with Gasteiger partial charge in [-0.1, -0.05) is 19.4 Å². The zero-order valence-corrected chi connectivity index (χ0v) is 12.2. The van der Waals surface area contributed by atoms with Crippen LogP contribution < -0.4 is 0 Å². The molecule has 0 aliphatic rings. The van der Waals surface area contributed by atoms with E-state index in [2.05, 4.69) is 11.2 Å². The molecule has 0 bridgehead atoms. The average molecular weight is 283 g/mol. The molecule has 108 valence electrons. The lowest BCUT2D eigenvalue weighted by Gasteiger charge is -2.09. The predicted octanol–water partition coefficient (Wildman–Crippen LogP) is 2.87. The van der Waals surface area contributed by atoms with Crippen molar-refractivity contribution in [2.24, 2.45) is 0 Å². The van der Waals surface area contributed by atoms with Crippen LogP contribution in [0.3, 0.4) is 0 Å². The molecule has 0 fully saturated rings. The van der Waals surface area contributed by atoms with Crippen LogP contribution in [0.15, 0.2) is 30.5 Å². The topological polar surface area (TPSA) is 67.9 Å². The lowest BCUT2D eigenvalue weighted by atomic mass is 10.1. The van der Waals surface area contributed by atoms with E-state index >= 15 is 0 Å². The maximum absolute atomic E-state index is 12.0. The van der Waals surface area contributed by atoms with Crippen molar-refractivity contribution in [3.05, 3.63) is 47.3 Å². The van der Waals surface area contributed by atoms with Gasteiger partial charge in [-0.3, -0.25) is 0 Å². The van der Waals surface area contributed by atoms with Crippen molar-refractivity contribution >= 4 is 5.97 Å². The molecule has 5 nitrogen and oxygen atoms in total. The van der Waals surface area contributed by atoms with Gasteiger partial charge in [0.1, 0.15) is 5.56 Å². The van der Waals surface area contributed by atoms with Gasteiger partial charge in [0.05, 0.1) is 35.8 Å². The number of nitrogens with zero attached hydrogens (tertiary/aromatic N) is 3. The molecule has 0 aliphatic carbocycles. The van der Waals surface area contributed by atoms with Crippen molar-refractivity contribution in [3.63, 3.8) is 0 Å². The van der Waals surface area contributed by atoms with Crippen LogP contribution in [0.4, 0.5) is 0 Å². The molecule has 1 aromatic carbocycles. The number of hydrogen-bond donors (Lipinski definition) is 0. The van der Waals surface area contributed by atoms with Crippen LogP contribution in [0.5, 0.6) is 0 Å². The van der Waals surface area contributed by atoms with Gasteiger partial charge in [-0.15, -0.1) is 0 Å². The Kier molecular flexibility index (Phi) is 4.72. The zero-order valence-electron chi connectivity index (χ0n) is 12.2. The second kappa shape index (κ2) is 6.71. The molecule has 1 heterocycles. The van der Waals surface area contributed by atoms with Gasteiger partial charge in [0, 0.05) is 0 Å². The van der Waals surface area contributed by atoms with E-state index in [0.29, 0.717) is 24.2 Å². The number of carbonyl (C=O) groups is 1. The quantitative estimate of drug-likeness (QED) is 0.791. The van der Waals surface area contributed by atoms with Gasteiger partial charge in [0.15, 0.2) is 0 Å². The first kappa shape index (κ1) is 14.8. The predicted molar refractivity (Wildman–Crippen MR) is 78.2 cm³/mol. The van der Waals surface area contributed by atoms with E-state index in [0.717, 1.165) is 17.8 Å². The summed E-state index contributed by atoms with van der Waals surface area (Å²) in [5.41, 5.74) is 2.63. The van der Waals surface area contributed by atoms with E-state index in [4.69, 9.17) is 10.00 Å². The fourth-order valence-corrected chi connectivity index (χ4v) is 2.16. The summed E-state index contributed by atoms with van der Waals surface area (Å²) in [5.74, 6) is -0.358. The van der Waals surface area contributed by atoms with E-state index in [1.165, 1.54) is 6.20 Å². The van der Waals surface area contributed by atoms with Crippen molar-refractivity contribution in [1.82, 2.24) is 9.78 Å². The normalized spacial score (nSPS) is 10.1. The fraction of sp³-hybridized carbons (Fsp3) is 0.312. The number of aromatic nitrogens is 2. The number of nitriles is 1. The molecule has 0 radical (unpaired) electrons. The summed E-state index contributed by atoms with van der Waals surface area (Å²) in [6, 6.07) is 9.26. The van der Waals surface area contributed by atoms with Crippen molar-refractivity contribution in [1.29, 1.82) is 5.26 Å². The summed E-state index contributed by atoms with van der Waals surface area (Å²) in [4.78, 5) is 12.0. The molecule has 0 spiro atoms. The van der Waals surface area contributed by atoms with Crippen molar-refractivity contribution in [2.75, 3.05) is 6.61 Å². The Hall–Kier alpha value is -2.61. The molecule has 0 unspecified atom stereocenters. The molecule has 0 atom stereocenters. The standard InChI is InChI=1S/C16H17N3O2/c1-3-6-15-14(16(20)21-4-2)11-18-19(15)13-8-5-7-12(9-13)10-17/h5,7-9,11H,3-4,6H2,1-2H3. The minimum Gasteiger partial charge on any atom is -0.462 e. The molecule has 0 amide bonds. The zero-order chi connectivity index (χ0) is 15.2. The first-order valence-electron chi connectivity index (χ1n) is 6.95. The summed E-state index contributed by atoms with van der Waals surface area (Å²) in [7, 11) is 0. The molecule has 1 aromatic heterocycles. The summed E-state index contributed by atoms with van der Waals surface area (Å²) >= 11 is 0. The smallest absolute Gasteiger partial charge is 0.341 e. The number of carbonyl (C=O) groups excluding carboxylic acids is 1. The Morgan fingerprint density at radius 3 is 2.90 bits per heavy atom. The van der Waals surface area contributed by atoms with Crippen LogP contribution in [-0.2, 0) is 11.2 Å². The highest BCUT2D eigenvalue weighted by atomic mass is 16.5. The van der Waals surface area contributed by atoms with Gasteiger partial charge in [0.2, 0.25) is 0 Å². The van der Waals surface area contributed by atoms with Crippen LogP contribution in [0.2, 0.25) is 0 Å². The van der Waals surface area contributed by atoms with Gasteiger partial charge in [-0.2, -0.15) is 10.4 Å². The van der Waals surface area contributed by atoms with E-state index in [1.807, 2.05) is 13.0 Å². The van der Waals surface area contributed by atoms with E-state index in [9.17, 15) is 4.79 Å². The van der Waals surface area contributed by atoms with Crippen molar-refractivity contribution < 1.29 is 9.53 Å². The van der Waals surface area contributed by atoms with Gasteiger partial charge in [-0.25, -0.2) is 9.48 Å². The Morgan fingerprint density at radius 2 is 2.24 bits per heavy atom. The molecule has 21 heavy (non-hydrogen) atoms. The maximum atomic E-state index is 12.0. The number of hydrogen-bond acceptors (Lipinski definition) is 4. The third-order valence-electron chi connectivity index (χ3n) is 3.07. The molecular formula is C16H17N3O2. The Morgan fingerprint density at radius 1 is 1.43 bits per heavy atom. The third kappa shape index (κ3) is 3.11. The minimum absolute atomic E-state index is 0.333. The molecule has 0 aliphatic heterocycles. The first-order valence-corrected chi connectivity index (χ1v) is 6.95. The SMILES string of the molecule is CCCc1c(C(=O)OCC)cnn1-c1cccc(C#N)c1. The molecule has 2 rings (SSSR count). The second-order valence-corrected chi connectivity index (χ2v) is 4.55. The first-order chi connectivity index (χ1) is 10.2. The van der Waals surface area contributed by atoms with E-state index in [1.54, 1.807) is 29.8 Å². The lowest BCUT2D eigenvalue weighted by Crippen LogP contribution is -2.09. The number of esters is 1. The van der Waals surface area contributed by atoms with Gasteiger partial charge in [-0.05, 0) is 31.5 Å². The van der Waals surface area contributed by atoms with Gasteiger partial charge < -0.3 is 4.74 Å². The Balaban J connectivity index is 2.48. The number of rotatable bonds is 5. The summed E-state index contributed by atoms with van der Waals surface area (Å²) in [6.45, 7) is 4.15. The van der Waals surface area contributed by atoms with Crippen LogP contribution >= 0.6 is 0 Å². The largest absolute Gasteiger partial charge is 0.462 e. The van der Waals surface area contributed by atoms with E-state index < -0.39 is 0 Å². The van der Waals surface area contributed by atoms with Gasteiger partial charge >= 0.3 is 5.97 Å². The molecule has 0 saturated heterocycles. The van der Waals surface area contributed by atoms with Crippen molar-refractivity contribution in [3.8, 4) is 11.8 Å². The average Bonchev–Trinajstić information content (AvgIpc) is 2.92. The van der Waals surface area contributed by atoms with Crippen LogP contribution in [0, 0.1) is 11.3 Å². The Bertz CT molecular complexity index is 683. The number of ether oxygens (including phenoxy) is 1. The monoisotopic (exact) mass is 283 g/mol. The highest BCUT2D eigenvalue weighted by Crippen LogP contribution is 2.18. The molecule has 5 heteroatoms. The highest BCUT2D eigenvalue weighted by Gasteiger charge is 2.18. The highest BCUT2D eigenvalue weighted by molar-refractivity contribution is 5.90. The maximum Gasteiger partial charge on any atom is 0.341 e. The fourth-order valence-electron chi connectivity index (χ4n) is 2.16. The number of benzene rings is 1. The summed E-state index contributed by atoms with van der Waals surface area (Å²) < 4.78 is 6.77. The molecule has 2 aromatic rings. The molecular weight excluding hydrogens is 266 g/mol. The summed E-state index contributed by atoms with van der Waals surface area (Å²) in [5, 5.41) is 13.3. The molecule has 0 N–H and O–H groups in total. The summed E-state index contributed by atoms with van der Waals surface area (Å²) in [6.07, 6.45) is 3.13. The second-order valence-electron chi connectivity index (χ2n) is 4.55. The Labute approximate surface area is 123 Å².